The maximum atomic E-state index is 12.2. The number of fused-ring (bicyclic) bond motifs is 1. The van der Waals surface area contributed by atoms with Gasteiger partial charge in [0.05, 0.1) is 12.0 Å². The van der Waals surface area contributed by atoms with Crippen molar-refractivity contribution < 1.29 is 23.6 Å². The number of carbonyl (C=O) groups excluding carboxylic acids is 3. The van der Waals surface area contributed by atoms with Crippen molar-refractivity contribution in [3.8, 4) is 0 Å². The zero-order valence-electron chi connectivity index (χ0n) is 14.2. The lowest BCUT2D eigenvalue weighted by molar-refractivity contribution is -0.197. The SMILES string of the molecule is Cc1cc2oc(=O)c(CC(=O)ON3C(=O)CCC3=O)c(C)c2cc1C. The van der Waals surface area contributed by atoms with E-state index in [0.717, 1.165) is 16.5 Å². The largest absolute Gasteiger partial charge is 0.422 e. The molecule has 25 heavy (non-hydrogen) atoms. The molecule has 0 bridgehead atoms. The van der Waals surface area contributed by atoms with E-state index in [0.29, 0.717) is 16.2 Å². The van der Waals surface area contributed by atoms with E-state index in [-0.39, 0.29) is 24.8 Å². The van der Waals surface area contributed by atoms with Crippen LogP contribution in [0.2, 0.25) is 0 Å². The number of imide groups is 1. The Morgan fingerprint density at radius 3 is 2.32 bits per heavy atom. The van der Waals surface area contributed by atoms with Gasteiger partial charge in [-0.15, -0.1) is 5.06 Å². The number of benzene rings is 1. The highest BCUT2D eigenvalue weighted by Gasteiger charge is 2.33. The maximum absolute atomic E-state index is 12.2. The topological polar surface area (TPSA) is 93.9 Å². The van der Waals surface area contributed by atoms with Crippen molar-refractivity contribution >= 4 is 28.8 Å². The van der Waals surface area contributed by atoms with E-state index >= 15 is 0 Å². The Bertz CT molecular complexity index is 956. The number of nitrogens with zero attached hydrogens (tertiary/aromatic N) is 1. The van der Waals surface area contributed by atoms with E-state index in [9.17, 15) is 19.2 Å². The Labute approximate surface area is 143 Å². The second kappa shape index (κ2) is 6.16. The summed E-state index contributed by atoms with van der Waals surface area (Å²) in [5, 5.41) is 1.20. The molecule has 7 heteroatoms. The number of carbonyl (C=O) groups is 3. The van der Waals surface area contributed by atoms with Crippen LogP contribution in [0.3, 0.4) is 0 Å². The van der Waals surface area contributed by atoms with Crippen molar-refractivity contribution in [3.63, 3.8) is 0 Å². The lowest BCUT2D eigenvalue weighted by Gasteiger charge is -2.13. The fraction of sp³-hybridized carbons (Fsp3) is 0.333. The minimum Gasteiger partial charge on any atom is -0.422 e. The van der Waals surface area contributed by atoms with Gasteiger partial charge in [-0.3, -0.25) is 9.59 Å². The number of hydroxylamine groups is 2. The fourth-order valence-electron chi connectivity index (χ4n) is 2.79. The molecular weight excluding hydrogens is 326 g/mol. The van der Waals surface area contributed by atoms with Crippen molar-refractivity contribution in [1.29, 1.82) is 0 Å². The molecular formula is C18H17NO6. The molecule has 0 saturated carbocycles. The molecule has 1 aromatic carbocycles. The van der Waals surface area contributed by atoms with Crippen LogP contribution in [0, 0.1) is 20.8 Å². The molecule has 2 aromatic rings. The molecule has 1 saturated heterocycles. The molecule has 0 aliphatic carbocycles. The molecule has 0 N–H and O–H groups in total. The molecule has 0 spiro atoms. The van der Waals surface area contributed by atoms with E-state index in [4.69, 9.17) is 9.25 Å². The molecule has 3 rings (SSSR count). The average Bonchev–Trinajstić information content (AvgIpc) is 2.85. The minimum absolute atomic E-state index is 0.0158. The van der Waals surface area contributed by atoms with Gasteiger partial charge < -0.3 is 9.25 Å². The van der Waals surface area contributed by atoms with Gasteiger partial charge in [0.15, 0.2) is 0 Å². The second-order valence-electron chi connectivity index (χ2n) is 6.15. The van der Waals surface area contributed by atoms with Crippen molar-refractivity contribution in [3.05, 3.63) is 44.8 Å². The van der Waals surface area contributed by atoms with Crippen molar-refractivity contribution in [2.24, 2.45) is 0 Å². The molecule has 7 nitrogen and oxygen atoms in total. The molecule has 0 atom stereocenters. The standard InChI is InChI=1S/C18H17NO6/c1-9-6-12-11(3)13(18(23)24-14(12)7-10(9)2)8-17(22)25-19-15(20)4-5-16(19)21/h6-7H,4-5,8H2,1-3H3. The van der Waals surface area contributed by atoms with Crippen LogP contribution in [-0.4, -0.2) is 22.8 Å². The molecule has 1 fully saturated rings. The summed E-state index contributed by atoms with van der Waals surface area (Å²) in [7, 11) is 0. The predicted octanol–water partition coefficient (Wildman–Crippen LogP) is 1.87. The average molecular weight is 343 g/mol. The van der Waals surface area contributed by atoms with Gasteiger partial charge in [0.1, 0.15) is 5.58 Å². The van der Waals surface area contributed by atoms with Crippen LogP contribution < -0.4 is 5.63 Å². The van der Waals surface area contributed by atoms with Crippen LogP contribution in [0.5, 0.6) is 0 Å². The summed E-state index contributed by atoms with van der Waals surface area (Å²) in [5.74, 6) is -1.99. The third-order valence-corrected chi connectivity index (χ3v) is 4.42. The molecule has 1 aliphatic heterocycles. The first kappa shape index (κ1) is 16.9. The minimum atomic E-state index is -0.859. The number of amides is 2. The van der Waals surface area contributed by atoms with E-state index in [2.05, 4.69) is 0 Å². The summed E-state index contributed by atoms with van der Waals surface area (Å²) < 4.78 is 5.31. The molecule has 1 aromatic heterocycles. The first-order valence-corrected chi connectivity index (χ1v) is 7.88. The first-order chi connectivity index (χ1) is 11.8. The van der Waals surface area contributed by atoms with Gasteiger partial charge >= 0.3 is 11.6 Å². The monoisotopic (exact) mass is 343 g/mol. The van der Waals surface area contributed by atoms with Crippen LogP contribution in [0.1, 0.15) is 35.1 Å². The predicted molar refractivity (Wildman–Crippen MR) is 87.6 cm³/mol. The Hall–Kier alpha value is -2.96. The Morgan fingerprint density at radius 1 is 1.08 bits per heavy atom. The zero-order valence-corrected chi connectivity index (χ0v) is 14.2. The van der Waals surface area contributed by atoms with Crippen molar-refractivity contribution in [2.75, 3.05) is 0 Å². The Kier molecular flexibility index (Phi) is 4.16. The molecule has 2 heterocycles. The number of hydrogen-bond acceptors (Lipinski definition) is 6. The second-order valence-corrected chi connectivity index (χ2v) is 6.15. The van der Waals surface area contributed by atoms with Crippen LogP contribution in [0.4, 0.5) is 0 Å². The third kappa shape index (κ3) is 3.05. The molecule has 0 radical (unpaired) electrons. The van der Waals surface area contributed by atoms with E-state index in [1.165, 1.54) is 0 Å². The summed E-state index contributed by atoms with van der Waals surface area (Å²) in [6, 6.07) is 3.67. The van der Waals surface area contributed by atoms with Gasteiger partial charge in [-0.2, -0.15) is 0 Å². The van der Waals surface area contributed by atoms with Crippen LogP contribution >= 0.6 is 0 Å². The highest BCUT2D eigenvalue weighted by atomic mass is 16.7. The molecule has 2 amide bonds. The fourth-order valence-corrected chi connectivity index (χ4v) is 2.79. The maximum Gasteiger partial charge on any atom is 0.340 e. The Balaban J connectivity index is 1.92. The quantitative estimate of drug-likeness (QED) is 0.624. The van der Waals surface area contributed by atoms with Gasteiger partial charge in [0.25, 0.3) is 11.8 Å². The summed E-state index contributed by atoms with van der Waals surface area (Å²) in [4.78, 5) is 52.1. The number of aryl methyl sites for hydroxylation is 3. The summed E-state index contributed by atoms with van der Waals surface area (Å²) >= 11 is 0. The molecule has 130 valence electrons. The number of rotatable bonds is 3. The van der Waals surface area contributed by atoms with E-state index < -0.39 is 23.4 Å². The van der Waals surface area contributed by atoms with Gasteiger partial charge in [0, 0.05) is 18.2 Å². The lowest BCUT2D eigenvalue weighted by Crippen LogP contribution is -2.33. The van der Waals surface area contributed by atoms with Gasteiger partial charge in [-0.1, -0.05) is 0 Å². The van der Waals surface area contributed by atoms with Crippen molar-refractivity contribution in [1.82, 2.24) is 5.06 Å². The highest BCUT2D eigenvalue weighted by molar-refractivity contribution is 6.01. The lowest BCUT2D eigenvalue weighted by atomic mass is 10.00. The van der Waals surface area contributed by atoms with Crippen LogP contribution in [-0.2, 0) is 25.6 Å². The normalized spacial score (nSPS) is 14.4. The van der Waals surface area contributed by atoms with Gasteiger partial charge in [-0.25, -0.2) is 9.59 Å². The van der Waals surface area contributed by atoms with E-state index in [1.54, 1.807) is 13.0 Å². The van der Waals surface area contributed by atoms with E-state index in [1.807, 2.05) is 19.9 Å². The third-order valence-electron chi connectivity index (χ3n) is 4.42. The smallest absolute Gasteiger partial charge is 0.340 e. The molecule has 1 aliphatic rings. The summed E-state index contributed by atoms with van der Waals surface area (Å²) in [6.45, 7) is 5.58. The summed E-state index contributed by atoms with van der Waals surface area (Å²) in [5.41, 5.74) is 2.61. The molecule has 0 unspecified atom stereocenters. The number of hydrogen-bond donors (Lipinski definition) is 0. The summed E-state index contributed by atoms with van der Waals surface area (Å²) in [6.07, 6.45) is -0.349. The van der Waals surface area contributed by atoms with Crippen LogP contribution in [0.15, 0.2) is 21.3 Å². The van der Waals surface area contributed by atoms with Gasteiger partial charge in [-0.05, 0) is 49.6 Å². The highest BCUT2D eigenvalue weighted by Crippen LogP contribution is 2.23. The zero-order chi connectivity index (χ0) is 18.3. The van der Waals surface area contributed by atoms with Crippen LogP contribution in [0.25, 0.3) is 11.0 Å². The first-order valence-electron chi connectivity index (χ1n) is 7.88. The Morgan fingerprint density at radius 2 is 1.68 bits per heavy atom. The van der Waals surface area contributed by atoms with Crippen molar-refractivity contribution in [2.45, 2.75) is 40.0 Å². The van der Waals surface area contributed by atoms with Gasteiger partial charge in [0.2, 0.25) is 0 Å².